The van der Waals surface area contributed by atoms with Gasteiger partial charge in [0.25, 0.3) is 0 Å². The minimum Gasteiger partial charge on any atom is -0.305 e. The molecule has 150 heavy (non-hydrogen) atoms. The van der Waals surface area contributed by atoms with Crippen LogP contribution in [-0.2, 0) is 93.3 Å². The maximum Gasteiger partial charge on any atom is 0.0802 e. The Morgan fingerprint density at radius 2 is 0.547 bits per heavy atom. The van der Waals surface area contributed by atoms with E-state index in [0.29, 0.717) is 17.8 Å². The Hall–Kier alpha value is -8.71. The first-order chi connectivity index (χ1) is 68.7. The third kappa shape index (κ3) is 39.9. The van der Waals surface area contributed by atoms with E-state index in [0.717, 1.165) is 103 Å². The second-order valence-electron chi connectivity index (χ2n) is 47.1. The van der Waals surface area contributed by atoms with Crippen LogP contribution < -0.4 is 41.5 Å². The first-order valence-electron chi connectivity index (χ1n) is 52.3. The van der Waals surface area contributed by atoms with Gasteiger partial charge in [0.1, 0.15) is 0 Å². The van der Waals surface area contributed by atoms with Crippen molar-refractivity contribution in [1.29, 1.82) is 0 Å². The average Bonchev–Trinajstić information content (AvgIpc) is 0.777. The summed E-state index contributed by atoms with van der Waals surface area (Å²) in [6.45, 7) is 81.6. The molecule has 0 saturated carbocycles. The monoisotopic (exact) mass is 2830 g/mol. The van der Waals surface area contributed by atoms with Crippen LogP contribution in [0.15, 0.2) is 292 Å². The van der Waals surface area contributed by atoms with E-state index in [4.69, 9.17) is 19.9 Å². The Kier molecular flexibility index (Phi) is 53.0. The number of nitrogens with zero attached hydrogens (tertiary/aromatic N) is 8. The molecule has 8 aromatic heterocycles. The van der Waals surface area contributed by atoms with Gasteiger partial charge in [0.2, 0.25) is 0 Å². The first-order valence-corrected chi connectivity index (χ1v) is 80.3. The van der Waals surface area contributed by atoms with Crippen LogP contribution in [0, 0.1) is 82.1 Å². The molecule has 16 rings (SSSR count). The zero-order valence-corrected chi connectivity index (χ0v) is 114. The van der Waals surface area contributed by atoms with Crippen molar-refractivity contribution in [2.45, 2.75) is 271 Å². The van der Waals surface area contributed by atoms with Crippen LogP contribution in [0.4, 0.5) is 0 Å². The summed E-state index contributed by atoms with van der Waals surface area (Å²) in [4.78, 5) is 37.4. The molecule has 16 aromatic rings. The SMILES string of the molecule is CCC(C)c1cc(-c2[c-]cccc2)nc(C)c1[Si](C)(C)C.CCCc1cc(-c2[c-]cccc2)nc(C)c1[Si](C)(C)C.C[Si](C)(C)c1ccc(-c2[c-]cccc2)nc1.C[Si](C)(C)c1ccc(-c2[c-]cccc2)nc1.C[Si](C)(C)c1ccc(-c2[c-]cccc2)nc1.C[Si](C)(C)c1ccc(-c2[c-]cccc2)nc1.Cc1c(-c2[c-]cccc2)ncc([Si](C)(C)C)c1C(C)C.Cc1c(-c2[c-]cccc2)ncc([Si](C)(C)C)c1CC(C)C.[Ir].[Ir].[Ir].[Ir]. The fourth-order valence-corrected chi connectivity index (χ4v) is 29.8. The Labute approximate surface area is 968 Å². The van der Waals surface area contributed by atoms with E-state index >= 15 is 0 Å². The standard InChI is InChI=1S/2C19H26NSi.2C18H24NSi.4C14H16NSi.4Ir/c1-14(2)12-17-15(3)19(16-10-8-7-9-11-16)20-13-18(17)21(4,5)6;1-7-14(2)17-13-18(16-11-9-8-10-12-16)20-15(3)19(17)21(4,5)6;1-13(2)17-14(3)18(15-10-8-7-9-11-15)19-12-16(17)20(4,5)6;1-6-10-16-13-17(15-11-8-7-9-12-15)19-14(2)18(16)20(3,4)5;4*1-16(2,3)13-9-10-14(15-11-13)12-7-5-4-6-8-12;;;;/h7-10,13-14H,12H2,1-6H3;8-11,13-14H,7H2,1-6H3;7-10,12-13H,1-6H3;7-9,11,13H,6,10H2,1-5H3;4*4-7,9-11H,1-3H3;;;;/q8*-1;;;;. The molecule has 800 valence electrons. The Morgan fingerprint density at radius 1 is 0.273 bits per heavy atom. The summed E-state index contributed by atoms with van der Waals surface area (Å²) in [5, 5.41) is 11.7. The van der Waals surface area contributed by atoms with E-state index in [2.05, 4.69) is 423 Å². The topological polar surface area (TPSA) is 103 Å². The van der Waals surface area contributed by atoms with Gasteiger partial charge in [-0.25, -0.2) is 0 Å². The molecular weight excluding hydrogens is 2670 g/mol. The number of benzene rings is 8. The van der Waals surface area contributed by atoms with Crippen molar-refractivity contribution in [3.63, 3.8) is 0 Å². The number of rotatable bonds is 23. The van der Waals surface area contributed by atoms with Gasteiger partial charge in [-0.3, -0.25) is 0 Å². The van der Waals surface area contributed by atoms with Crippen LogP contribution in [0.25, 0.3) is 90.1 Å². The first kappa shape index (κ1) is 132. The maximum absolute atomic E-state index is 4.89. The number of hydrogen-bond donors (Lipinski definition) is 0. The molecule has 0 N–H and O–H groups in total. The van der Waals surface area contributed by atoms with E-state index in [-0.39, 0.29) is 80.4 Å². The van der Waals surface area contributed by atoms with E-state index in [9.17, 15) is 0 Å². The van der Waals surface area contributed by atoms with Gasteiger partial charge in [-0.1, -0.05) is 300 Å². The van der Waals surface area contributed by atoms with Crippen LogP contribution >= 0.6 is 0 Å². The predicted octanol–water partition coefficient (Wildman–Crippen LogP) is 30.8. The Balaban J connectivity index is 0.000000301. The molecule has 8 heterocycles. The normalized spacial score (nSPS) is 11.6. The minimum absolute atomic E-state index is 0. The number of hydrogen-bond acceptors (Lipinski definition) is 8. The second kappa shape index (κ2) is 60.4. The summed E-state index contributed by atoms with van der Waals surface area (Å²) < 4.78 is 0. The number of pyridine rings is 8. The van der Waals surface area contributed by atoms with Crippen molar-refractivity contribution < 1.29 is 80.4 Å². The molecule has 1 atom stereocenters. The van der Waals surface area contributed by atoms with Gasteiger partial charge in [-0.05, 0) is 157 Å². The van der Waals surface area contributed by atoms with Crippen LogP contribution in [0.5, 0.6) is 0 Å². The van der Waals surface area contributed by atoms with Crippen molar-refractivity contribution >= 4 is 106 Å². The van der Waals surface area contributed by atoms with Gasteiger partial charge in [0.05, 0.1) is 64.6 Å². The molecule has 20 heteroatoms. The maximum atomic E-state index is 4.89. The molecule has 0 amide bonds. The molecular formula is C130H164Ir4N8Si8-8. The second-order valence-corrected chi connectivity index (χ2v) is 87.5. The van der Waals surface area contributed by atoms with E-state index in [1.54, 1.807) is 5.19 Å². The third-order valence-electron chi connectivity index (χ3n) is 25.7. The quantitative estimate of drug-likeness (QED) is 0.0461. The fourth-order valence-electron chi connectivity index (χ4n) is 17.6. The molecule has 4 radical (unpaired) electrons. The molecule has 0 aliphatic heterocycles. The van der Waals surface area contributed by atoms with Gasteiger partial charge in [-0.2, -0.15) is 0 Å². The van der Waals surface area contributed by atoms with Gasteiger partial charge >= 0.3 is 0 Å². The van der Waals surface area contributed by atoms with E-state index < -0.39 is 64.6 Å². The zero-order valence-electron chi connectivity index (χ0n) is 96.2. The molecule has 0 bridgehead atoms. The molecule has 1 unspecified atom stereocenters. The summed E-state index contributed by atoms with van der Waals surface area (Å²) in [7, 11) is -10.4. The number of aryl methyl sites for hydroxylation is 3. The molecule has 0 saturated heterocycles. The van der Waals surface area contributed by atoms with Gasteiger partial charge in [0, 0.05) is 129 Å². The summed E-state index contributed by atoms with van der Waals surface area (Å²) in [6, 6.07) is 112. The van der Waals surface area contributed by atoms with Crippen molar-refractivity contribution in [2.75, 3.05) is 0 Å². The largest absolute Gasteiger partial charge is 0.305 e. The van der Waals surface area contributed by atoms with Crippen LogP contribution in [0.2, 0.25) is 157 Å². The molecule has 8 aromatic carbocycles. The van der Waals surface area contributed by atoms with Gasteiger partial charge in [0.15, 0.2) is 0 Å². The van der Waals surface area contributed by atoms with E-state index in [1.165, 1.54) is 93.9 Å². The fraction of sp³-hybridized carbons (Fsp3) is 0.323. The van der Waals surface area contributed by atoms with Crippen molar-refractivity contribution in [3.05, 3.63) is 385 Å². The summed E-state index contributed by atoms with van der Waals surface area (Å²) >= 11 is 0. The molecule has 0 aliphatic carbocycles. The zero-order chi connectivity index (χ0) is 107. The third-order valence-corrected chi connectivity index (χ3v) is 42.2. The van der Waals surface area contributed by atoms with Crippen LogP contribution in [0.3, 0.4) is 0 Å². The summed E-state index contributed by atoms with van der Waals surface area (Å²) in [6.07, 6.45) is 16.9. The average molecular weight is 2830 g/mol. The van der Waals surface area contributed by atoms with Gasteiger partial charge in [-0.15, -0.1) is 287 Å². The van der Waals surface area contributed by atoms with Gasteiger partial charge < -0.3 is 39.9 Å². The Bertz CT molecular complexity index is 6320. The molecule has 0 aliphatic rings. The van der Waals surface area contributed by atoms with Crippen LogP contribution in [0.1, 0.15) is 118 Å². The van der Waals surface area contributed by atoms with Crippen molar-refractivity contribution in [3.8, 4) is 90.1 Å². The minimum atomic E-state index is -1.40. The van der Waals surface area contributed by atoms with Crippen molar-refractivity contribution in [2.24, 2.45) is 5.92 Å². The molecule has 8 nitrogen and oxygen atoms in total. The number of aromatic nitrogens is 8. The predicted molar refractivity (Wildman–Crippen MR) is 656 cm³/mol. The summed E-state index contributed by atoms with van der Waals surface area (Å²) in [5.41, 5.74) is 28.0. The van der Waals surface area contributed by atoms with E-state index in [1.807, 2.05) is 170 Å². The van der Waals surface area contributed by atoms with Crippen molar-refractivity contribution in [1.82, 2.24) is 39.9 Å². The molecule has 0 fully saturated rings. The summed E-state index contributed by atoms with van der Waals surface area (Å²) in [5.74, 6) is 1.77. The Morgan fingerprint density at radius 3 is 0.787 bits per heavy atom. The van der Waals surface area contributed by atoms with Crippen LogP contribution in [-0.4, -0.2) is 104 Å². The molecule has 0 spiro atoms. The smallest absolute Gasteiger partial charge is 0.0802 e.